The second-order valence-electron chi connectivity index (χ2n) is 4.59. The lowest BCUT2D eigenvalue weighted by atomic mass is 10.1. The minimum Gasteiger partial charge on any atom is -0.494 e. The number of aromatic nitrogens is 1. The molecule has 0 bridgehead atoms. The van der Waals surface area contributed by atoms with Crippen molar-refractivity contribution in [3.63, 3.8) is 0 Å². The number of nitrogens with zero attached hydrogens (tertiary/aromatic N) is 1. The predicted octanol–water partition coefficient (Wildman–Crippen LogP) is 1.07. The molecule has 6 heteroatoms. The average Bonchev–Trinajstić information content (AvgIpc) is 2.87. The standard InChI is InChI=1S/C13H16N2O4/c1-19-11-7-14-5-4-10(11)12(16)15-9-3-2-8(6-9)13(17)18/h4-5,7-9H,2-3,6H2,1H3,(H,15,16)(H,17,18). The van der Waals surface area contributed by atoms with Gasteiger partial charge in [0.05, 0.1) is 24.8 Å². The number of ether oxygens (including phenoxy) is 1. The molecule has 0 saturated heterocycles. The summed E-state index contributed by atoms with van der Waals surface area (Å²) in [6, 6.07) is 1.49. The van der Waals surface area contributed by atoms with Crippen molar-refractivity contribution in [1.29, 1.82) is 0 Å². The summed E-state index contributed by atoms with van der Waals surface area (Å²) in [7, 11) is 1.48. The van der Waals surface area contributed by atoms with Gasteiger partial charge in [-0.05, 0) is 25.3 Å². The summed E-state index contributed by atoms with van der Waals surface area (Å²) in [4.78, 5) is 26.8. The number of carbonyl (C=O) groups is 2. The van der Waals surface area contributed by atoms with E-state index < -0.39 is 5.97 Å². The maximum absolute atomic E-state index is 12.1. The third-order valence-corrected chi connectivity index (χ3v) is 3.37. The van der Waals surface area contributed by atoms with E-state index in [2.05, 4.69) is 10.3 Å². The summed E-state index contributed by atoms with van der Waals surface area (Å²) in [5, 5.41) is 11.8. The van der Waals surface area contributed by atoms with Gasteiger partial charge in [0.2, 0.25) is 0 Å². The first-order valence-electron chi connectivity index (χ1n) is 6.13. The van der Waals surface area contributed by atoms with Crippen molar-refractivity contribution in [3.8, 4) is 5.75 Å². The van der Waals surface area contributed by atoms with Crippen LogP contribution in [0.1, 0.15) is 29.6 Å². The number of nitrogens with one attached hydrogen (secondary N) is 1. The number of hydrogen-bond donors (Lipinski definition) is 2. The quantitative estimate of drug-likeness (QED) is 0.849. The van der Waals surface area contributed by atoms with Crippen LogP contribution >= 0.6 is 0 Å². The van der Waals surface area contributed by atoms with E-state index >= 15 is 0 Å². The molecule has 1 amide bonds. The number of amides is 1. The molecule has 1 fully saturated rings. The van der Waals surface area contributed by atoms with Gasteiger partial charge in [0, 0.05) is 12.2 Å². The summed E-state index contributed by atoms with van der Waals surface area (Å²) in [5.74, 6) is -0.994. The van der Waals surface area contributed by atoms with E-state index in [1.165, 1.54) is 19.5 Å². The molecule has 2 atom stereocenters. The van der Waals surface area contributed by atoms with Gasteiger partial charge < -0.3 is 15.2 Å². The van der Waals surface area contributed by atoms with Gasteiger partial charge in [-0.15, -0.1) is 0 Å². The Morgan fingerprint density at radius 3 is 2.89 bits per heavy atom. The summed E-state index contributed by atoms with van der Waals surface area (Å²) >= 11 is 0. The fraction of sp³-hybridized carbons (Fsp3) is 0.462. The van der Waals surface area contributed by atoms with E-state index in [4.69, 9.17) is 9.84 Å². The minimum absolute atomic E-state index is 0.0912. The Bertz CT molecular complexity index is 489. The highest BCUT2D eigenvalue weighted by Crippen LogP contribution is 2.26. The number of aliphatic carboxylic acids is 1. The van der Waals surface area contributed by atoms with Crippen molar-refractivity contribution >= 4 is 11.9 Å². The van der Waals surface area contributed by atoms with E-state index in [0.717, 1.165) is 0 Å². The molecule has 19 heavy (non-hydrogen) atoms. The molecular formula is C13H16N2O4. The molecule has 0 radical (unpaired) electrons. The highest BCUT2D eigenvalue weighted by atomic mass is 16.5. The summed E-state index contributed by atoms with van der Waals surface area (Å²) in [5.41, 5.74) is 0.413. The van der Waals surface area contributed by atoms with E-state index in [9.17, 15) is 9.59 Å². The van der Waals surface area contributed by atoms with Crippen LogP contribution in [-0.2, 0) is 4.79 Å². The molecule has 2 rings (SSSR count). The molecule has 2 unspecified atom stereocenters. The minimum atomic E-state index is -0.793. The van der Waals surface area contributed by atoms with Gasteiger partial charge >= 0.3 is 5.97 Å². The number of rotatable bonds is 4. The maximum Gasteiger partial charge on any atom is 0.306 e. The lowest BCUT2D eigenvalue weighted by molar-refractivity contribution is -0.141. The Morgan fingerprint density at radius 1 is 1.47 bits per heavy atom. The second kappa shape index (κ2) is 5.69. The van der Waals surface area contributed by atoms with Crippen LogP contribution in [-0.4, -0.2) is 35.1 Å². The first-order valence-corrected chi connectivity index (χ1v) is 6.13. The number of carboxylic acid groups (broad SMARTS) is 1. The Morgan fingerprint density at radius 2 is 2.26 bits per heavy atom. The molecule has 1 heterocycles. The first kappa shape index (κ1) is 13.3. The molecule has 1 aromatic heterocycles. The maximum atomic E-state index is 12.1. The SMILES string of the molecule is COc1cnccc1C(=O)NC1CCC(C(=O)O)C1. The van der Waals surface area contributed by atoms with Gasteiger partial charge in [0.1, 0.15) is 5.75 Å². The van der Waals surface area contributed by atoms with E-state index in [-0.39, 0.29) is 17.9 Å². The Kier molecular flexibility index (Phi) is 3.99. The molecular weight excluding hydrogens is 248 g/mol. The first-order chi connectivity index (χ1) is 9.11. The molecule has 0 aliphatic heterocycles. The normalized spacial score (nSPS) is 21.9. The van der Waals surface area contributed by atoms with E-state index in [0.29, 0.717) is 30.6 Å². The molecule has 6 nitrogen and oxygen atoms in total. The van der Waals surface area contributed by atoms with Crippen LogP contribution in [0.4, 0.5) is 0 Å². The zero-order valence-electron chi connectivity index (χ0n) is 10.6. The highest BCUT2D eigenvalue weighted by Gasteiger charge is 2.31. The molecule has 0 spiro atoms. The lowest BCUT2D eigenvalue weighted by Gasteiger charge is -2.13. The second-order valence-corrected chi connectivity index (χ2v) is 4.59. The molecule has 2 N–H and O–H groups in total. The van der Waals surface area contributed by atoms with Crippen molar-refractivity contribution in [3.05, 3.63) is 24.0 Å². The van der Waals surface area contributed by atoms with Crippen LogP contribution in [0.3, 0.4) is 0 Å². The van der Waals surface area contributed by atoms with Crippen LogP contribution in [0, 0.1) is 5.92 Å². The Balaban J connectivity index is 2.00. The van der Waals surface area contributed by atoms with Gasteiger partial charge in [-0.3, -0.25) is 14.6 Å². The third kappa shape index (κ3) is 3.01. The fourth-order valence-corrected chi connectivity index (χ4v) is 2.33. The van der Waals surface area contributed by atoms with Crippen molar-refractivity contribution in [2.75, 3.05) is 7.11 Å². The molecule has 102 valence electrons. The number of methoxy groups -OCH3 is 1. The monoisotopic (exact) mass is 264 g/mol. The van der Waals surface area contributed by atoms with Gasteiger partial charge in [-0.25, -0.2) is 0 Å². The number of carboxylic acids is 1. The van der Waals surface area contributed by atoms with E-state index in [1.54, 1.807) is 6.07 Å². The third-order valence-electron chi connectivity index (χ3n) is 3.37. The largest absolute Gasteiger partial charge is 0.494 e. The number of pyridine rings is 1. The molecule has 1 saturated carbocycles. The van der Waals surface area contributed by atoms with Gasteiger partial charge in [-0.2, -0.15) is 0 Å². The molecule has 0 aromatic carbocycles. The predicted molar refractivity (Wildman–Crippen MR) is 67.0 cm³/mol. The molecule has 1 aromatic rings. The Labute approximate surface area is 110 Å². The summed E-state index contributed by atoms with van der Waals surface area (Å²) < 4.78 is 5.07. The molecule has 1 aliphatic carbocycles. The highest BCUT2D eigenvalue weighted by molar-refractivity contribution is 5.96. The van der Waals surface area contributed by atoms with Crippen LogP contribution in [0.2, 0.25) is 0 Å². The zero-order valence-corrected chi connectivity index (χ0v) is 10.6. The van der Waals surface area contributed by atoms with Crippen molar-refractivity contribution < 1.29 is 19.4 Å². The average molecular weight is 264 g/mol. The van der Waals surface area contributed by atoms with Crippen molar-refractivity contribution in [1.82, 2.24) is 10.3 Å². The Hall–Kier alpha value is -2.11. The van der Waals surface area contributed by atoms with E-state index in [1.807, 2.05) is 0 Å². The smallest absolute Gasteiger partial charge is 0.306 e. The van der Waals surface area contributed by atoms with Crippen LogP contribution in [0.5, 0.6) is 5.75 Å². The zero-order chi connectivity index (χ0) is 13.8. The topological polar surface area (TPSA) is 88.5 Å². The van der Waals surface area contributed by atoms with Gasteiger partial charge in [0.25, 0.3) is 5.91 Å². The van der Waals surface area contributed by atoms with Crippen LogP contribution < -0.4 is 10.1 Å². The van der Waals surface area contributed by atoms with Crippen molar-refractivity contribution in [2.24, 2.45) is 5.92 Å². The fourth-order valence-electron chi connectivity index (χ4n) is 2.33. The van der Waals surface area contributed by atoms with Crippen molar-refractivity contribution in [2.45, 2.75) is 25.3 Å². The van der Waals surface area contributed by atoms with Gasteiger partial charge in [-0.1, -0.05) is 0 Å². The number of carbonyl (C=O) groups excluding carboxylic acids is 1. The van der Waals surface area contributed by atoms with Crippen LogP contribution in [0.15, 0.2) is 18.5 Å². The molecule has 1 aliphatic rings. The lowest BCUT2D eigenvalue weighted by Crippen LogP contribution is -2.33. The summed E-state index contributed by atoms with van der Waals surface area (Å²) in [6.07, 6.45) is 4.77. The van der Waals surface area contributed by atoms with Crippen LogP contribution in [0.25, 0.3) is 0 Å². The summed E-state index contributed by atoms with van der Waals surface area (Å²) in [6.45, 7) is 0. The number of hydrogen-bond acceptors (Lipinski definition) is 4. The van der Waals surface area contributed by atoms with Gasteiger partial charge in [0.15, 0.2) is 0 Å².